The van der Waals surface area contributed by atoms with Gasteiger partial charge in [-0.05, 0) is 42.7 Å². The molecule has 0 unspecified atom stereocenters. The van der Waals surface area contributed by atoms with Crippen molar-refractivity contribution < 1.29 is 4.79 Å². The standard InChI is InChI=1S/C17H17ClN2O/c1-10-3-4-12(11(2)5-10)9-19-16-6-13-7-17(21)20-15(13)8-14(16)18/h3-6,8,19H,7,9H2,1-2H3,(H,20,21). The lowest BCUT2D eigenvalue weighted by atomic mass is 10.1. The third-order valence-electron chi connectivity index (χ3n) is 3.79. The lowest BCUT2D eigenvalue weighted by Crippen LogP contribution is -2.03. The van der Waals surface area contributed by atoms with Gasteiger partial charge in [-0.3, -0.25) is 4.79 Å². The maximum absolute atomic E-state index is 11.4. The lowest BCUT2D eigenvalue weighted by Gasteiger charge is -2.12. The van der Waals surface area contributed by atoms with Crippen LogP contribution in [0.3, 0.4) is 0 Å². The Morgan fingerprint density at radius 1 is 1.24 bits per heavy atom. The molecule has 0 saturated heterocycles. The van der Waals surface area contributed by atoms with Gasteiger partial charge >= 0.3 is 0 Å². The number of hydrogen-bond acceptors (Lipinski definition) is 2. The first-order valence-corrected chi connectivity index (χ1v) is 7.33. The van der Waals surface area contributed by atoms with E-state index >= 15 is 0 Å². The molecule has 0 bridgehead atoms. The molecule has 0 saturated carbocycles. The number of nitrogens with one attached hydrogen (secondary N) is 2. The topological polar surface area (TPSA) is 41.1 Å². The molecule has 1 aliphatic rings. The van der Waals surface area contributed by atoms with Crippen LogP contribution in [0.2, 0.25) is 5.02 Å². The van der Waals surface area contributed by atoms with Crippen molar-refractivity contribution in [2.75, 3.05) is 10.6 Å². The fourth-order valence-electron chi connectivity index (χ4n) is 2.62. The van der Waals surface area contributed by atoms with Crippen molar-refractivity contribution in [2.24, 2.45) is 0 Å². The van der Waals surface area contributed by atoms with E-state index in [1.165, 1.54) is 16.7 Å². The highest BCUT2D eigenvalue weighted by atomic mass is 35.5. The number of amides is 1. The summed E-state index contributed by atoms with van der Waals surface area (Å²) >= 11 is 6.27. The van der Waals surface area contributed by atoms with Crippen LogP contribution in [0.5, 0.6) is 0 Å². The molecule has 0 spiro atoms. The van der Waals surface area contributed by atoms with Crippen molar-refractivity contribution in [1.82, 2.24) is 0 Å². The zero-order valence-corrected chi connectivity index (χ0v) is 12.8. The second-order valence-corrected chi connectivity index (χ2v) is 5.90. The quantitative estimate of drug-likeness (QED) is 0.897. The first-order valence-electron chi connectivity index (χ1n) is 6.95. The van der Waals surface area contributed by atoms with E-state index in [-0.39, 0.29) is 5.91 Å². The molecular weight excluding hydrogens is 284 g/mol. The van der Waals surface area contributed by atoms with Gasteiger partial charge in [0.15, 0.2) is 0 Å². The summed E-state index contributed by atoms with van der Waals surface area (Å²) < 4.78 is 0. The second kappa shape index (κ2) is 5.41. The van der Waals surface area contributed by atoms with Gasteiger partial charge in [0.25, 0.3) is 0 Å². The number of carbonyl (C=O) groups is 1. The van der Waals surface area contributed by atoms with Crippen LogP contribution < -0.4 is 10.6 Å². The second-order valence-electron chi connectivity index (χ2n) is 5.50. The number of anilines is 2. The predicted molar refractivity (Wildman–Crippen MR) is 87.0 cm³/mol. The Morgan fingerprint density at radius 2 is 2.05 bits per heavy atom. The first kappa shape index (κ1) is 14.0. The third-order valence-corrected chi connectivity index (χ3v) is 4.10. The summed E-state index contributed by atoms with van der Waals surface area (Å²) in [5.74, 6) is 0.0209. The first-order chi connectivity index (χ1) is 10.0. The number of carbonyl (C=O) groups excluding carboxylic acids is 1. The molecule has 0 aliphatic carbocycles. The van der Waals surface area contributed by atoms with Gasteiger partial charge in [-0.15, -0.1) is 0 Å². The predicted octanol–water partition coefficient (Wildman–Crippen LogP) is 4.06. The highest BCUT2D eigenvalue weighted by Gasteiger charge is 2.19. The maximum atomic E-state index is 11.4. The molecule has 3 rings (SSSR count). The van der Waals surface area contributed by atoms with Crippen molar-refractivity contribution in [3.8, 4) is 0 Å². The lowest BCUT2D eigenvalue weighted by molar-refractivity contribution is -0.115. The SMILES string of the molecule is Cc1ccc(CNc2cc3c(cc2Cl)NC(=O)C3)c(C)c1. The van der Waals surface area contributed by atoms with E-state index in [9.17, 15) is 4.79 Å². The summed E-state index contributed by atoms with van der Waals surface area (Å²) in [5, 5.41) is 6.79. The molecule has 3 nitrogen and oxygen atoms in total. The molecule has 1 aliphatic heterocycles. The fourth-order valence-corrected chi connectivity index (χ4v) is 2.85. The molecule has 108 valence electrons. The number of benzene rings is 2. The minimum absolute atomic E-state index is 0.0209. The molecule has 0 fully saturated rings. The van der Waals surface area contributed by atoms with E-state index in [1.54, 1.807) is 0 Å². The molecule has 2 N–H and O–H groups in total. The number of aryl methyl sites for hydroxylation is 2. The minimum atomic E-state index is 0.0209. The van der Waals surface area contributed by atoms with E-state index < -0.39 is 0 Å². The van der Waals surface area contributed by atoms with E-state index in [4.69, 9.17) is 11.6 Å². The van der Waals surface area contributed by atoms with Crippen LogP contribution in [0.4, 0.5) is 11.4 Å². The molecule has 21 heavy (non-hydrogen) atoms. The van der Waals surface area contributed by atoms with E-state index in [1.807, 2.05) is 12.1 Å². The van der Waals surface area contributed by atoms with E-state index in [2.05, 4.69) is 42.7 Å². The van der Waals surface area contributed by atoms with Crippen molar-refractivity contribution in [1.29, 1.82) is 0 Å². The van der Waals surface area contributed by atoms with Gasteiger partial charge in [0.2, 0.25) is 5.91 Å². The summed E-state index contributed by atoms with van der Waals surface area (Å²) in [6.45, 7) is 4.91. The van der Waals surface area contributed by atoms with Crippen molar-refractivity contribution >= 4 is 28.9 Å². The average molecular weight is 301 g/mol. The number of fused-ring (bicyclic) bond motifs is 1. The molecular formula is C17H17ClN2O. The molecule has 0 aromatic heterocycles. The zero-order chi connectivity index (χ0) is 15.0. The molecule has 4 heteroatoms. The summed E-state index contributed by atoms with van der Waals surface area (Å²) in [7, 11) is 0. The zero-order valence-electron chi connectivity index (χ0n) is 12.1. The van der Waals surface area contributed by atoms with Crippen LogP contribution in [0.1, 0.15) is 22.3 Å². The summed E-state index contributed by atoms with van der Waals surface area (Å²) in [6.07, 6.45) is 0.421. The van der Waals surface area contributed by atoms with Crippen LogP contribution in [-0.4, -0.2) is 5.91 Å². The van der Waals surface area contributed by atoms with Gasteiger partial charge in [0.1, 0.15) is 0 Å². The molecule has 0 atom stereocenters. The van der Waals surface area contributed by atoms with Gasteiger partial charge in [-0.1, -0.05) is 35.4 Å². The Hall–Kier alpha value is -2.00. The van der Waals surface area contributed by atoms with Crippen LogP contribution in [0.15, 0.2) is 30.3 Å². The highest BCUT2D eigenvalue weighted by Crippen LogP contribution is 2.33. The largest absolute Gasteiger partial charge is 0.380 e. The van der Waals surface area contributed by atoms with Gasteiger partial charge in [-0.25, -0.2) is 0 Å². The molecule has 1 heterocycles. The van der Waals surface area contributed by atoms with Gasteiger partial charge in [-0.2, -0.15) is 0 Å². The number of halogens is 1. The van der Waals surface area contributed by atoms with Crippen LogP contribution in [0, 0.1) is 13.8 Å². The smallest absolute Gasteiger partial charge is 0.228 e. The Morgan fingerprint density at radius 3 is 2.81 bits per heavy atom. The van der Waals surface area contributed by atoms with Crippen molar-refractivity contribution in [3.63, 3.8) is 0 Å². The maximum Gasteiger partial charge on any atom is 0.228 e. The van der Waals surface area contributed by atoms with Crippen molar-refractivity contribution in [2.45, 2.75) is 26.8 Å². The summed E-state index contributed by atoms with van der Waals surface area (Å²) in [6, 6.07) is 10.2. The van der Waals surface area contributed by atoms with Gasteiger partial charge in [0.05, 0.1) is 17.1 Å². The Labute approximate surface area is 129 Å². The summed E-state index contributed by atoms with van der Waals surface area (Å²) in [5.41, 5.74) is 6.45. The van der Waals surface area contributed by atoms with E-state index in [0.29, 0.717) is 18.0 Å². The molecule has 2 aromatic rings. The van der Waals surface area contributed by atoms with Crippen LogP contribution >= 0.6 is 11.6 Å². The monoisotopic (exact) mass is 300 g/mol. The minimum Gasteiger partial charge on any atom is -0.380 e. The van der Waals surface area contributed by atoms with Crippen LogP contribution in [-0.2, 0) is 17.8 Å². The fraction of sp³-hybridized carbons (Fsp3) is 0.235. The highest BCUT2D eigenvalue weighted by molar-refractivity contribution is 6.33. The van der Waals surface area contributed by atoms with Gasteiger partial charge < -0.3 is 10.6 Å². The Balaban J connectivity index is 1.79. The Bertz CT molecular complexity index is 725. The molecule has 1 amide bonds. The number of hydrogen-bond donors (Lipinski definition) is 2. The number of rotatable bonds is 3. The third kappa shape index (κ3) is 2.88. The van der Waals surface area contributed by atoms with E-state index in [0.717, 1.165) is 16.9 Å². The van der Waals surface area contributed by atoms with Crippen LogP contribution in [0.25, 0.3) is 0 Å². The van der Waals surface area contributed by atoms with Crippen molar-refractivity contribution in [3.05, 3.63) is 57.6 Å². The Kier molecular flexibility index (Phi) is 3.60. The molecule has 2 aromatic carbocycles. The molecule has 0 radical (unpaired) electrons. The van der Waals surface area contributed by atoms with Gasteiger partial charge in [0, 0.05) is 12.2 Å². The summed E-state index contributed by atoms with van der Waals surface area (Å²) in [4.78, 5) is 11.4. The average Bonchev–Trinajstić information content (AvgIpc) is 2.76. The normalized spacial score (nSPS) is 13.0.